The number of sulfonamides is 1. The lowest BCUT2D eigenvalue weighted by atomic mass is 10.1. The summed E-state index contributed by atoms with van der Waals surface area (Å²) in [6, 6.07) is 17.0. The molecule has 0 bridgehead atoms. The van der Waals surface area contributed by atoms with Gasteiger partial charge in [-0.15, -0.1) is 0 Å². The van der Waals surface area contributed by atoms with Crippen LogP contribution in [-0.4, -0.2) is 27.5 Å². The summed E-state index contributed by atoms with van der Waals surface area (Å²) >= 11 is 6.08. The van der Waals surface area contributed by atoms with E-state index in [1.165, 1.54) is 6.07 Å². The summed E-state index contributed by atoms with van der Waals surface area (Å²) in [6.45, 7) is 5.97. The molecule has 168 valence electrons. The zero-order chi connectivity index (χ0) is 23.3. The Kier molecular flexibility index (Phi) is 7.43. The van der Waals surface area contributed by atoms with E-state index in [9.17, 15) is 13.2 Å². The van der Waals surface area contributed by atoms with Crippen LogP contribution < -0.4 is 14.8 Å². The predicted molar refractivity (Wildman–Crippen MR) is 127 cm³/mol. The van der Waals surface area contributed by atoms with Gasteiger partial charge in [0.15, 0.2) is 0 Å². The van der Waals surface area contributed by atoms with Gasteiger partial charge in [-0.1, -0.05) is 35.9 Å². The minimum atomic E-state index is -3.85. The summed E-state index contributed by atoms with van der Waals surface area (Å²) in [4.78, 5) is 12.6. The summed E-state index contributed by atoms with van der Waals surface area (Å²) in [5, 5.41) is 3.35. The van der Waals surface area contributed by atoms with Gasteiger partial charge in [0.2, 0.25) is 0 Å². The molecule has 3 rings (SSSR count). The van der Waals surface area contributed by atoms with E-state index in [2.05, 4.69) is 10.0 Å². The Labute approximate surface area is 193 Å². The number of carbonyl (C=O) groups excluding carboxylic acids is 1. The molecule has 2 N–H and O–H groups in total. The maximum Gasteiger partial charge on any atom is 0.262 e. The quantitative estimate of drug-likeness (QED) is 0.458. The van der Waals surface area contributed by atoms with E-state index in [-0.39, 0.29) is 29.5 Å². The number of rotatable bonds is 8. The highest BCUT2D eigenvalue weighted by molar-refractivity contribution is 7.92. The van der Waals surface area contributed by atoms with Gasteiger partial charge in [-0.05, 0) is 73.9 Å². The normalized spacial score (nSPS) is 11.1. The van der Waals surface area contributed by atoms with Crippen molar-refractivity contribution in [3.8, 4) is 5.75 Å². The van der Waals surface area contributed by atoms with Crippen molar-refractivity contribution in [2.45, 2.75) is 25.7 Å². The molecule has 0 aliphatic rings. The number of benzene rings is 3. The van der Waals surface area contributed by atoms with Gasteiger partial charge in [0.25, 0.3) is 15.9 Å². The van der Waals surface area contributed by atoms with E-state index in [1.54, 1.807) is 49.4 Å². The van der Waals surface area contributed by atoms with Crippen LogP contribution in [0.1, 0.15) is 27.0 Å². The van der Waals surface area contributed by atoms with Crippen molar-refractivity contribution in [2.24, 2.45) is 0 Å². The first-order valence-electron chi connectivity index (χ1n) is 10.0. The molecule has 0 atom stereocenters. The topological polar surface area (TPSA) is 84.5 Å². The largest absolute Gasteiger partial charge is 0.492 e. The Morgan fingerprint density at radius 2 is 1.72 bits per heavy atom. The van der Waals surface area contributed by atoms with Crippen LogP contribution in [0.5, 0.6) is 5.75 Å². The number of aryl methyl sites for hydroxylation is 3. The summed E-state index contributed by atoms with van der Waals surface area (Å²) in [7, 11) is -3.85. The molecule has 32 heavy (non-hydrogen) atoms. The van der Waals surface area contributed by atoms with Crippen molar-refractivity contribution < 1.29 is 17.9 Å². The van der Waals surface area contributed by atoms with Crippen molar-refractivity contribution in [3.05, 3.63) is 87.9 Å². The third-order valence-corrected chi connectivity index (χ3v) is 6.74. The van der Waals surface area contributed by atoms with Crippen LogP contribution in [0.3, 0.4) is 0 Å². The maximum absolute atomic E-state index is 12.9. The third-order valence-electron chi connectivity index (χ3n) is 4.81. The molecule has 0 heterocycles. The van der Waals surface area contributed by atoms with Crippen molar-refractivity contribution in [1.82, 2.24) is 5.32 Å². The van der Waals surface area contributed by atoms with E-state index in [4.69, 9.17) is 16.3 Å². The number of amides is 1. The van der Waals surface area contributed by atoms with E-state index in [1.807, 2.05) is 26.0 Å². The molecule has 0 aliphatic carbocycles. The van der Waals surface area contributed by atoms with E-state index < -0.39 is 10.0 Å². The van der Waals surface area contributed by atoms with Crippen LogP contribution in [-0.2, 0) is 10.0 Å². The molecule has 1 amide bonds. The SMILES string of the molecule is Cc1cccc(NS(=O)(=O)c2cc(C(=O)NCCOc3ccc(C)c(Cl)c3)ccc2C)c1. The average Bonchev–Trinajstić information content (AvgIpc) is 2.73. The summed E-state index contributed by atoms with van der Waals surface area (Å²) in [5.74, 6) is 0.225. The molecular formula is C24H25ClN2O4S. The molecule has 0 spiro atoms. The van der Waals surface area contributed by atoms with Crippen molar-refractivity contribution in [2.75, 3.05) is 17.9 Å². The molecule has 3 aromatic rings. The van der Waals surface area contributed by atoms with Crippen LogP contribution >= 0.6 is 11.6 Å². The minimum Gasteiger partial charge on any atom is -0.492 e. The van der Waals surface area contributed by atoms with Crippen LogP contribution in [0.4, 0.5) is 5.69 Å². The molecule has 0 radical (unpaired) electrons. The van der Waals surface area contributed by atoms with Crippen molar-refractivity contribution in [1.29, 1.82) is 0 Å². The molecule has 0 saturated carbocycles. The molecule has 8 heteroatoms. The second-order valence-corrected chi connectivity index (χ2v) is 9.53. The van der Waals surface area contributed by atoms with Crippen LogP contribution in [0, 0.1) is 20.8 Å². The number of hydrogen-bond donors (Lipinski definition) is 2. The molecule has 0 aromatic heterocycles. The molecule has 0 fully saturated rings. The number of anilines is 1. The molecule has 6 nitrogen and oxygen atoms in total. The Bertz CT molecular complexity index is 1240. The fraction of sp³-hybridized carbons (Fsp3) is 0.208. The zero-order valence-electron chi connectivity index (χ0n) is 18.1. The summed E-state index contributed by atoms with van der Waals surface area (Å²) < 4.78 is 34.0. The Hall–Kier alpha value is -3.03. The number of nitrogens with one attached hydrogen (secondary N) is 2. The van der Waals surface area contributed by atoms with E-state index in [0.29, 0.717) is 22.0 Å². The first-order chi connectivity index (χ1) is 15.2. The second-order valence-electron chi connectivity index (χ2n) is 7.47. The number of halogens is 1. The van der Waals surface area contributed by atoms with Gasteiger partial charge in [0, 0.05) is 16.3 Å². The van der Waals surface area contributed by atoms with Gasteiger partial charge < -0.3 is 10.1 Å². The van der Waals surface area contributed by atoms with Gasteiger partial charge in [-0.2, -0.15) is 0 Å². The van der Waals surface area contributed by atoms with Crippen molar-refractivity contribution in [3.63, 3.8) is 0 Å². The van der Waals surface area contributed by atoms with Gasteiger partial charge in [-0.25, -0.2) is 8.42 Å². The lowest BCUT2D eigenvalue weighted by Gasteiger charge is -2.13. The first-order valence-corrected chi connectivity index (χ1v) is 11.9. The predicted octanol–water partition coefficient (Wildman–Crippen LogP) is 4.87. The van der Waals surface area contributed by atoms with Crippen LogP contribution in [0.25, 0.3) is 0 Å². The standard InChI is InChI=1S/C24H25ClN2O4S/c1-16-5-4-6-20(13-16)27-32(29,30)23-14-19(9-7-18(23)3)24(28)26-11-12-31-21-10-8-17(2)22(25)15-21/h4-10,13-15,27H,11-12H2,1-3H3,(H,26,28). The highest BCUT2D eigenvalue weighted by Gasteiger charge is 2.19. The van der Waals surface area contributed by atoms with E-state index >= 15 is 0 Å². The Balaban J connectivity index is 1.64. The third kappa shape index (κ3) is 6.02. The van der Waals surface area contributed by atoms with Crippen LogP contribution in [0.2, 0.25) is 5.02 Å². The Morgan fingerprint density at radius 1 is 0.969 bits per heavy atom. The molecule has 3 aromatic carbocycles. The first kappa shape index (κ1) is 23.6. The molecule has 0 saturated heterocycles. The number of ether oxygens (including phenoxy) is 1. The number of hydrogen-bond acceptors (Lipinski definition) is 4. The second kappa shape index (κ2) is 10.1. The molecular weight excluding hydrogens is 448 g/mol. The number of carbonyl (C=O) groups is 1. The minimum absolute atomic E-state index is 0.0530. The summed E-state index contributed by atoms with van der Waals surface area (Å²) in [6.07, 6.45) is 0. The van der Waals surface area contributed by atoms with E-state index in [0.717, 1.165) is 11.1 Å². The highest BCUT2D eigenvalue weighted by Crippen LogP contribution is 2.22. The molecule has 0 aliphatic heterocycles. The smallest absolute Gasteiger partial charge is 0.262 e. The lowest BCUT2D eigenvalue weighted by molar-refractivity contribution is 0.0946. The lowest BCUT2D eigenvalue weighted by Crippen LogP contribution is -2.28. The van der Waals surface area contributed by atoms with Gasteiger partial charge in [-0.3, -0.25) is 9.52 Å². The summed E-state index contributed by atoms with van der Waals surface area (Å²) in [5.41, 5.74) is 3.15. The molecule has 0 unspecified atom stereocenters. The van der Waals surface area contributed by atoms with Gasteiger partial charge in [0.1, 0.15) is 12.4 Å². The van der Waals surface area contributed by atoms with Crippen LogP contribution in [0.15, 0.2) is 65.6 Å². The van der Waals surface area contributed by atoms with Gasteiger partial charge >= 0.3 is 0 Å². The van der Waals surface area contributed by atoms with Gasteiger partial charge in [0.05, 0.1) is 11.4 Å². The monoisotopic (exact) mass is 472 g/mol. The average molecular weight is 473 g/mol. The maximum atomic E-state index is 12.9. The van der Waals surface area contributed by atoms with Crippen molar-refractivity contribution >= 4 is 33.2 Å². The fourth-order valence-electron chi connectivity index (χ4n) is 3.05. The zero-order valence-corrected chi connectivity index (χ0v) is 19.7. The fourth-order valence-corrected chi connectivity index (χ4v) is 4.54. The highest BCUT2D eigenvalue weighted by atomic mass is 35.5. The Morgan fingerprint density at radius 3 is 2.44 bits per heavy atom.